The predicted octanol–water partition coefficient (Wildman–Crippen LogP) is 5.24. The van der Waals surface area contributed by atoms with Crippen LogP contribution in [0.1, 0.15) is 37.2 Å². The molecule has 0 radical (unpaired) electrons. The monoisotopic (exact) mass is 495 g/mol. The van der Waals surface area contributed by atoms with Gasteiger partial charge < -0.3 is 4.90 Å². The summed E-state index contributed by atoms with van der Waals surface area (Å²) >= 11 is 12.9. The summed E-state index contributed by atoms with van der Waals surface area (Å²) in [6.07, 6.45) is 5.42. The Kier molecular flexibility index (Phi) is 6.94. The Morgan fingerprint density at radius 2 is 1.68 bits per heavy atom. The van der Waals surface area contributed by atoms with Gasteiger partial charge in [0.2, 0.25) is 0 Å². The molecule has 34 heavy (non-hydrogen) atoms. The highest BCUT2D eigenvalue weighted by Gasteiger charge is 2.32. The second-order valence-electron chi connectivity index (χ2n) is 8.56. The van der Waals surface area contributed by atoms with Gasteiger partial charge in [-0.15, -0.1) is 5.10 Å². The lowest BCUT2D eigenvalue weighted by atomic mass is 9.96. The lowest BCUT2D eigenvalue weighted by Gasteiger charge is -2.40. The minimum absolute atomic E-state index is 0.0523. The Morgan fingerprint density at radius 1 is 0.941 bits per heavy atom. The summed E-state index contributed by atoms with van der Waals surface area (Å²) < 4.78 is 1.97. The molecular weight excluding hydrogens is 469 g/mol. The molecule has 5 rings (SSSR count). The van der Waals surface area contributed by atoms with Crippen molar-refractivity contribution in [2.75, 3.05) is 31.1 Å². The van der Waals surface area contributed by atoms with Gasteiger partial charge in [-0.3, -0.25) is 9.88 Å². The molecule has 1 unspecified atom stereocenters. The van der Waals surface area contributed by atoms with Gasteiger partial charge in [0, 0.05) is 45.1 Å². The predicted molar refractivity (Wildman–Crippen MR) is 137 cm³/mol. The number of hydrogen-bond donors (Lipinski definition) is 0. The maximum Gasteiger partial charge on any atom is 0.173 e. The fraction of sp³-hybridized carbons (Fsp3) is 0.360. The van der Waals surface area contributed by atoms with Crippen LogP contribution in [0.25, 0.3) is 10.8 Å². The summed E-state index contributed by atoms with van der Waals surface area (Å²) in [5.74, 6) is 0.887. The molecule has 1 aliphatic heterocycles. The number of anilines is 1. The first kappa shape index (κ1) is 23.0. The van der Waals surface area contributed by atoms with Crippen molar-refractivity contribution in [1.82, 2.24) is 30.1 Å². The van der Waals surface area contributed by atoms with Crippen molar-refractivity contribution in [3.63, 3.8) is 0 Å². The Labute approximate surface area is 209 Å². The molecule has 0 N–H and O–H groups in total. The van der Waals surface area contributed by atoms with Gasteiger partial charge in [0.05, 0.1) is 21.8 Å². The van der Waals surface area contributed by atoms with Crippen LogP contribution in [0.4, 0.5) is 5.69 Å². The van der Waals surface area contributed by atoms with Gasteiger partial charge in [0.1, 0.15) is 0 Å². The number of pyridine rings is 1. The quantitative estimate of drug-likeness (QED) is 0.349. The number of piperazine rings is 1. The van der Waals surface area contributed by atoms with E-state index in [-0.39, 0.29) is 6.04 Å². The Hall–Kier alpha value is -2.74. The van der Waals surface area contributed by atoms with Crippen LogP contribution in [0, 0.1) is 0 Å². The normalized spacial score (nSPS) is 15.7. The second kappa shape index (κ2) is 10.3. The minimum atomic E-state index is -0.0523. The van der Waals surface area contributed by atoms with E-state index in [4.69, 9.17) is 23.2 Å². The molecule has 2 aromatic carbocycles. The molecule has 0 bridgehead atoms. The number of unbranched alkanes of at least 4 members (excludes halogenated alkanes) is 1. The van der Waals surface area contributed by atoms with Crippen molar-refractivity contribution in [2.45, 2.75) is 32.4 Å². The number of rotatable bonds is 7. The zero-order valence-electron chi connectivity index (χ0n) is 19.1. The third-order valence-corrected chi connectivity index (χ3v) is 7.02. The fourth-order valence-corrected chi connectivity index (χ4v) is 5.38. The van der Waals surface area contributed by atoms with Crippen LogP contribution in [-0.2, 0) is 6.54 Å². The molecule has 3 heterocycles. The van der Waals surface area contributed by atoms with Gasteiger partial charge in [-0.1, -0.05) is 79.0 Å². The summed E-state index contributed by atoms with van der Waals surface area (Å²) in [6.45, 7) is 6.22. The molecule has 2 aromatic heterocycles. The zero-order chi connectivity index (χ0) is 23.5. The van der Waals surface area contributed by atoms with Gasteiger partial charge in [-0.2, -0.15) is 0 Å². The number of fused-ring (bicyclic) bond motifs is 1. The highest BCUT2D eigenvalue weighted by atomic mass is 35.5. The van der Waals surface area contributed by atoms with Crippen molar-refractivity contribution in [3.8, 4) is 0 Å². The third kappa shape index (κ3) is 4.48. The number of aromatic nitrogens is 5. The van der Waals surface area contributed by atoms with E-state index >= 15 is 0 Å². The summed E-state index contributed by atoms with van der Waals surface area (Å²) in [5.41, 5.74) is 2.08. The first-order chi connectivity index (χ1) is 16.7. The van der Waals surface area contributed by atoms with Crippen LogP contribution in [0.5, 0.6) is 0 Å². The standard InChI is InChI=1S/C25H27Cl2N7/c1-2-3-11-34-25(29-30-31-34)23(20-10-6-8-18-7-4-5-9-19(18)20)32-12-14-33(15-13-32)24-21(26)16-28-17-22(24)27/h4-10,16-17,23H,2-3,11-15H2,1H3. The van der Waals surface area contributed by atoms with E-state index in [0.29, 0.717) is 10.0 Å². The summed E-state index contributed by atoms with van der Waals surface area (Å²) in [6, 6.07) is 14.9. The van der Waals surface area contributed by atoms with Crippen LogP contribution in [0.2, 0.25) is 10.0 Å². The molecule has 176 valence electrons. The van der Waals surface area contributed by atoms with E-state index in [1.165, 1.54) is 16.3 Å². The van der Waals surface area contributed by atoms with Crippen molar-refractivity contribution in [2.24, 2.45) is 0 Å². The van der Waals surface area contributed by atoms with Gasteiger partial charge in [0.25, 0.3) is 0 Å². The Morgan fingerprint density at radius 3 is 2.44 bits per heavy atom. The SMILES string of the molecule is CCCCn1nnnc1C(c1cccc2ccccc12)N1CCN(c2c(Cl)cncc2Cl)CC1. The van der Waals surface area contributed by atoms with E-state index in [2.05, 4.69) is 79.7 Å². The molecule has 0 amide bonds. The lowest BCUT2D eigenvalue weighted by Crippen LogP contribution is -2.48. The summed E-state index contributed by atoms with van der Waals surface area (Å²) in [4.78, 5) is 8.80. The average molecular weight is 496 g/mol. The van der Waals surface area contributed by atoms with E-state index in [9.17, 15) is 0 Å². The van der Waals surface area contributed by atoms with Crippen LogP contribution in [0.15, 0.2) is 54.9 Å². The van der Waals surface area contributed by atoms with Gasteiger partial charge >= 0.3 is 0 Å². The van der Waals surface area contributed by atoms with Crippen molar-refractivity contribution >= 4 is 39.7 Å². The highest BCUT2D eigenvalue weighted by Crippen LogP contribution is 2.36. The van der Waals surface area contributed by atoms with Crippen LogP contribution >= 0.6 is 23.2 Å². The van der Waals surface area contributed by atoms with Gasteiger partial charge in [-0.05, 0) is 33.2 Å². The molecule has 0 spiro atoms. The summed E-state index contributed by atoms with van der Waals surface area (Å²) in [7, 11) is 0. The average Bonchev–Trinajstić information content (AvgIpc) is 3.32. The van der Waals surface area contributed by atoms with E-state index in [0.717, 1.165) is 57.1 Å². The zero-order valence-corrected chi connectivity index (χ0v) is 20.6. The maximum absolute atomic E-state index is 6.44. The molecule has 7 nitrogen and oxygen atoms in total. The number of halogens is 2. The Balaban J connectivity index is 1.51. The lowest BCUT2D eigenvalue weighted by molar-refractivity contribution is 0.201. The van der Waals surface area contributed by atoms with Gasteiger partial charge in [0.15, 0.2) is 5.82 Å². The molecule has 0 saturated carbocycles. The van der Waals surface area contributed by atoms with Crippen molar-refractivity contribution in [1.29, 1.82) is 0 Å². The van der Waals surface area contributed by atoms with E-state index < -0.39 is 0 Å². The van der Waals surface area contributed by atoms with E-state index in [1.807, 2.05) is 4.68 Å². The van der Waals surface area contributed by atoms with Crippen LogP contribution < -0.4 is 4.90 Å². The number of tetrazole rings is 1. The van der Waals surface area contributed by atoms with Crippen molar-refractivity contribution < 1.29 is 0 Å². The largest absolute Gasteiger partial charge is 0.366 e. The summed E-state index contributed by atoms with van der Waals surface area (Å²) in [5, 5.41) is 16.5. The Bertz CT molecular complexity index is 1240. The topological polar surface area (TPSA) is 63.0 Å². The van der Waals surface area contributed by atoms with E-state index in [1.54, 1.807) is 12.4 Å². The molecule has 1 saturated heterocycles. The maximum atomic E-state index is 6.44. The molecule has 0 aliphatic carbocycles. The smallest absolute Gasteiger partial charge is 0.173 e. The third-order valence-electron chi connectivity index (χ3n) is 6.47. The fourth-order valence-electron chi connectivity index (χ4n) is 4.77. The second-order valence-corrected chi connectivity index (χ2v) is 9.37. The molecule has 1 atom stereocenters. The first-order valence-electron chi connectivity index (χ1n) is 11.7. The molecule has 1 fully saturated rings. The molecule has 4 aromatic rings. The minimum Gasteiger partial charge on any atom is -0.366 e. The molecule has 1 aliphatic rings. The van der Waals surface area contributed by atoms with Crippen molar-refractivity contribution in [3.05, 3.63) is 76.3 Å². The first-order valence-corrected chi connectivity index (χ1v) is 12.4. The molecular formula is C25H27Cl2N7. The molecule has 9 heteroatoms. The van der Waals surface area contributed by atoms with Crippen LogP contribution in [0.3, 0.4) is 0 Å². The number of hydrogen-bond acceptors (Lipinski definition) is 6. The van der Waals surface area contributed by atoms with Gasteiger partial charge in [-0.25, -0.2) is 4.68 Å². The van der Waals surface area contributed by atoms with Crippen LogP contribution in [-0.4, -0.2) is 56.3 Å². The highest BCUT2D eigenvalue weighted by molar-refractivity contribution is 6.38. The number of nitrogens with zero attached hydrogens (tertiary/aromatic N) is 7. The number of benzene rings is 2. The number of aryl methyl sites for hydroxylation is 1.